The molecule has 1 amide bonds. The maximum Gasteiger partial charge on any atom is 0.272 e. The van der Waals surface area contributed by atoms with Crippen molar-refractivity contribution in [1.29, 1.82) is 0 Å². The van der Waals surface area contributed by atoms with Gasteiger partial charge in [-0.3, -0.25) is 4.79 Å². The van der Waals surface area contributed by atoms with Gasteiger partial charge in [0.1, 0.15) is 6.04 Å². The summed E-state index contributed by atoms with van der Waals surface area (Å²) in [6, 6.07) is 5.93. The highest BCUT2D eigenvalue weighted by atomic mass is 16.5. The van der Waals surface area contributed by atoms with Gasteiger partial charge in [0.25, 0.3) is 5.91 Å². The van der Waals surface area contributed by atoms with Crippen molar-refractivity contribution in [3.63, 3.8) is 0 Å². The number of piperidine rings is 1. The Bertz CT molecular complexity index is 636. The minimum absolute atomic E-state index is 0.0337. The van der Waals surface area contributed by atoms with E-state index in [1.807, 2.05) is 18.2 Å². The fourth-order valence-electron chi connectivity index (χ4n) is 4.79. The van der Waals surface area contributed by atoms with Crippen molar-refractivity contribution in [2.24, 2.45) is 11.7 Å². The molecule has 0 aromatic heterocycles. The number of quaternary nitrogens is 1. The molecule has 0 spiro atoms. The molecule has 1 saturated carbocycles. The van der Waals surface area contributed by atoms with E-state index >= 15 is 0 Å². The smallest absolute Gasteiger partial charge is 0.272 e. The number of hydrogen-bond donors (Lipinski definition) is 3. The molecule has 1 aromatic carbocycles. The molecule has 0 radical (unpaired) electrons. The van der Waals surface area contributed by atoms with Gasteiger partial charge in [0.05, 0.1) is 26.4 Å². The van der Waals surface area contributed by atoms with Crippen LogP contribution in [0.2, 0.25) is 0 Å². The molecule has 3 rings (SSSR count). The van der Waals surface area contributed by atoms with Crippen LogP contribution in [0.15, 0.2) is 18.2 Å². The lowest BCUT2D eigenvalue weighted by Gasteiger charge is -2.50. The number of aliphatic hydroxyl groups is 1. The van der Waals surface area contributed by atoms with Crippen molar-refractivity contribution in [3.05, 3.63) is 23.8 Å². The van der Waals surface area contributed by atoms with Crippen LogP contribution in [0.5, 0.6) is 11.5 Å². The standard InChI is InChI=1S/C19H28N2O4/c1-24-15-7-6-13(11-16(15)25-2)18-14-5-3-4-8-19(14,23)9-10-21(18)12-17(20)22/h6-7,11,14,18,23H,3-5,8-10,12H2,1-2H3,(H2,20,22)/p+1/t14-,18+,19+/m0/s1. The molecular formula is C19H29N2O4+. The van der Waals surface area contributed by atoms with E-state index in [0.717, 1.165) is 49.1 Å². The Labute approximate surface area is 148 Å². The Morgan fingerprint density at radius 2 is 2.04 bits per heavy atom. The number of nitrogens with one attached hydrogen (secondary N) is 1. The Balaban J connectivity index is 2.01. The van der Waals surface area contributed by atoms with Crippen molar-refractivity contribution >= 4 is 5.91 Å². The topological polar surface area (TPSA) is 86.2 Å². The van der Waals surface area contributed by atoms with E-state index in [1.54, 1.807) is 14.2 Å². The van der Waals surface area contributed by atoms with E-state index in [2.05, 4.69) is 0 Å². The lowest BCUT2D eigenvalue weighted by Crippen LogP contribution is -3.16. The number of hydrogen-bond acceptors (Lipinski definition) is 4. The van der Waals surface area contributed by atoms with Crippen LogP contribution in [0.1, 0.15) is 43.7 Å². The van der Waals surface area contributed by atoms with E-state index in [1.165, 1.54) is 0 Å². The molecule has 4 atom stereocenters. The number of benzene rings is 1. The summed E-state index contributed by atoms with van der Waals surface area (Å²) in [6.45, 7) is 1.03. The van der Waals surface area contributed by atoms with Gasteiger partial charge in [0.2, 0.25) is 0 Å². The van der Waals surface area contributed by atoms with Crippen LogP contribution in [0.4, 0.5) is 0 Å². The van der Waals surface area contributed by atoms with Crippen LogP contribution >= 0.6 is 0 Å². The number of methoxy groups -OCH3 is 2. The zero-order valence-electron chi connectivity index (χ0n) is 15.1. The molecule has 1 unspecified atom stereocenters. The highest BCUT2D eigenvalue weighted by molar-refractivity contribution is 5.74. The van der Waals surface area contributed by atoms with E-state index in [0.29, 0.717) is 11.5 Å². The monoisotopic (exact) mass is 349 g/mol. The molecule has 25 heavy (non-hydrogen) atoms. The Hall–Kier alpha value is -1.79. The summed E-state index contributed by atoms with van der Waals surface area (Å²) in [5.74, 6) is 1.17. The number of likely N-dealkylation sites (tertiary alicyclic amines) is 1. The number of carbonyl (C=O) groups is 1. The molecule has 138 valence electrons. The molecule has 2 fully saturated rings. The van der Waals surface area contributed by atoms with Gasteiger partial charge in [-0.1, -0.05) is 12.8 Å². The second kappa shape index (κ2) is 7.22. The Morgan fingerprint density at radius 3 is 2.72 bits per heavy atom. The summed E-state index contributed by atoms with van der Waals surface area (Å²) in [5.41, 5.74) is 5.93. The molecule has 6 heteroatoms. The predicted molar refractivity (Wildman–Crippen MR) is 93.7 cm³/mol. The first-order valence-corrected chi connectivity index (χ1v) is 9.05. The fourth-order valence-corrected chi connectivity index (χ4v) is 4.79. The van der Waals surface area contributed by atoms with Gasteiger partial charge in [-0.15, -0.1) is 0 Å². The van der Waals surface area contributed by atoms with Crippen molar-refractivity contribution in [2.45, 2.75) is 43.7 Å². The number of ether oxygens (including phenoxy) is 2. The summed E-state index contributed by atoms with van der Waals surface area (Å²) in [5, 5.41) is 11.2. The molecule has 1 aliphatic heterocycles. The maximum absolute atomic E-state index is 11.6. The van der Waals surface area contributed by atoms with Gasteiger partial charge in [-0.2, -0.15) is 0 Å². The first kappa shape index (κ1) is 18.0. The second-order valence-corrected chi connectivity index (χ2v) is 7.35. The molecule has 1 aliphatic carbocycles. The number of amides is 1. The molecule has 4 N–H and O–H groups in total. The van der Waals surface area contributed by atoms with Crippen LogP contribution in [-0.4, -0.2) is 43.9 Å². The summed E-state index contributed by atoms with van der Waals surface area (Å²) >= 11 is 0. The van der Waals surface area contributed by atoms with Crippen LogP contribution in [-0.2, 0) is 4.79 Å². The van der Waals surface area contributed by atoms with E-state index in [-0.39, 0.29) is 24.4 Å². The summed E-state index contributed by atoms with van der Waals surface area (Å²) < 4.78 is 10.8. The quantitative estimate of drug-likeness (QED) is 0.720. The van der Waals surface area contributed by atoms with Crippen molar-refractivity contribution in [3.8, 4) is 11.5 Å². The van der Waals surface area contributed by atoms with Gasteiger partial charge in [-0.25, -0.2) is 0 Å². The fraction of sp³-hybridized carbons (Fsp3) is 0.632. The summed E-state index contributed by atoms with van der Waals surface area (Å²) in [6.07, 6.45) is 4.71. The lowest BCUT2D eigenvalue weighted by atomic mass is 9.66. The number of rotatable bonds is 5. The molecule has 1 heterocycles. The zero-order valence-corrected chi connectivity index (χ0v) is 15.1. The number of nitrogens with two attached hydrogens (primary N) is 1. The zero-order chi connectivity index (χ0) is 18.0. The minimum atomic E-state index is -0.642. The highest BCUT2D eigenvalue weighted by Gasteiger charge is 2.51. The van der Waals surface area contributed by atoms with Gasteiger partial charge in [0, 0.05) is 17.9 Å². The molecule has 0 bridgehead atoms. The third kappa shape index (κ3) is 3.46. The summed E-state index contributed by atoms with van der Waals surface area (Å²) in [4.78, 5) is 12.7. The molecular weight excluding hydrogens is 320 g/mol. The maximum atomic E-state index is 11.6. The van der Waals surface area contributed by atoms with E-state index in [9.17, 15) is 9.90 Å². The third-order valence-corrected chi connectivity index (χ3v) is 5.95. The average molecular weight is 349 g/mol. The second-order valence-electron chi connectivity index (χ2n) is 7.35. The van der Waals surface area contributed by atoms with Crippen molar-refractivity contribution in [1.82, 2.24) is 0 Å². The Morgan fingerprint density at radius 1 is 1.28 bits per heavy atom. The van der Waals surface area contributed by atoms with Gasteiger partial charge in [0.15, 0.2) is 18.0 Å². The first-order valence-electron chi connectivity index (χ1n) is 9.05. The van der Waals surface area contributed by atoms with Crippen LogP contribution in [0, 0.1) is 5.92 Å². The predicted octanol–water partition coefficient (Wildman–Crippen LogP) is 0.440. The first-order chi connectivity index (χ1) is 12.0. The van der Waals surface area contributed by atoms with Crippen LogP contribution in [0.25, 0.3) is 0 Å². The van der Waals surface area contributed by atoms with E-state index < -0.39 is 5.60 Å². The number of fused-ring (bicyclic) bond motifs is 1. The van der Waals surface area contributed by atoms with E-state index in [4.69, 9.17) is 15.2 Å². The molecule has 6 nitrogen and oxygen atoms in total. The third-order valence-electron chi connectivity index (χ3n) is 5.95. The number of primary amides is 1. The molecule has 1 saturated heterocycles. The van der Waals surface area contributed by atoms with Crippen molar-refractivity contribution in [2.75, 3.05) is 27.3 Å². The van der Waals surface area contributed by atoms with Crippen LogP contribution in [0.3, 0.4) is 0 Å². The highest BCUT2D eigenvalue weighted by Crippen LogP contribution is 2.45. The van der Waals surface area contributed by atoms with Gasteiger partial charge < -0.3 is 25.2 Å². The van der Waals surface area contributed by atoms with Crippen molar-refractivity contribution < 1.29 is 24.3 Å². The number of carbonyl (C=O) groups excluding carboxylic acids is 1. The summed E-state index contributed by atoms with van der Waals surface area (Å²) in [7, 11) is 3.23. The normalized spacial score (nSPS) is 31.9. The molecule has 1 aromatic rings. The largest absolute Gasteiger partial charge is 0.493 e. The van der Waals surface area contributed by atoms with Gasteiger partial charge in [-0.05, 0) is 31.0 Å². The van der Waals surface area contributed by atoms with Gasteiger partial charge >= 0.3 is 0 Å². The SMILES string of the molecule is COc1ccc([C@@H]2[C@@H]3CCCC[C@@]3(O)CC[NH+]2CC(N)=O)cc1OC. The minimum Gasteiger partial charge on any atom is -0.493 e. The Kier molecular flexibility index (Phi) is 5.20. The molecule has 2 aliphatic rings. The lowest BCUT2D eigenvalue weighted by molar-refractivity contribution is -0.937. The van der Waals surface area contributed by atoms with Crippen LogP contribution < -0.4 is 20.1 Å². The average Bonchev–Trinajstić information content (AvgIpc) is 2.60.